The van der Waals surface area contributed by atoms with Crippen LogP contribution in [-0.4, -0.2) is 11.7 Å². The Morgan fingerprint density at radius 3 is 2.76 bits per heavy atom. The molecule has 0 unspecified atom stereocenters. The second-order valence-electron chi connectivity index (χ2n) is 4.54. The van der Waals surface area contributed by atoms with Gasteiger partial charge in [0.1, 0.15) is 6.07 Å². The Morgan fingerprint density at radius 1 is 1.47 bits per heavy atom. The number of amides is 1. The van der Waals surface area contributed by atoms with Gasteiger partial charge in [-0.05, 0) is 36.1 Å². The lowest BCUT2D eigenvalue weighted by Gasteiger charge is -2.12. The van der Waals surface area contributed by atoms with Gasteiger partial charge >= 0.3 is 0 Å². The number of hydrogen-bond acceptors (Lipinski definition) is 3. The molecule has 0 radical (unpaired) electrons. The number of carbonyl (C=O) groups is 1. The lowest BCUT2D eigenvalue weighted by molar-refractivity contribution is -0.117. The molecule has 0 heterocycles. The molecule has 1 amide bonds. The fraction of sp³-hybridized carbons (Fsp3) is 0.385. The molecule has 0 spiro atoms. The Morgan fingerprint density at radius 2 is 2.18 bits per heavy atom. The van der Waals surface area contributed by atoms with Crippen molar-refractivity contribution in [2.45, 2.75) is 19.3 Å². The smallest absolute Gasteiger partial charge is 0.224 e. The van der Waals surface area contributed by atoms with E-state index in [0.717, 1.165) is 18.6 Å². The van der Waals surface area contributed by atoms with Crippen LogP contribution in [0.5, 0.6) is 0 Å². The van der Waals surface area contributed by atoms with E-state index in [-0.39, 0.29) is 11.3 Å². The van der Waals surface area contributed by atoms with Crippen LogP contribution >= 0.6 is 12.6 Å². The number of rotatable bonds is 4. The third kappa shape index (κ3) is 2.80. The summed E-state index contributed by atoms with van der Waals surface area (Å²) < 4.78 is 0. The van der Waals surface area contributed by atoms with E-state index >= 15 is 0 Å². The number of anilines is 1. The number of para-hydroxylation sites is 1. The summed E-state index contributed by atoms with van der Waals surface area (Å²) in [4.78, 5) is 11.8. The van der Waals surface area contributed by atoms with Crippen LogP contribution in [0.4, 0.5) is 5.69 Å². The molecule has 0 bridgehead atoms. The predicted octanol–water partition coefficient (Wildman–Crippen LogP) is 2.60. The second-order valence-corrected chi connectivity index (χ2v) is 4.86. The maximum absolute atomic E-state index is 11.8. The highest BCUT2D eigenvalue weighted by Crippen LogP contribution is 2.49. The normalized spacial score (nSPS) is 16.0. The van der Waals surface area contributed by atoms with Crippen molar-refractivity contribution in [3.8, 4) is 6.07 Å². The lowest BCUT2D eigenvalue weighted by Crippen LogP contribution is -2.18. The van der Waals surface area contributed by atoms with Crippen molar-refractivity contribution < 1.29 is 4.79 Å². The van der Waals surface area contributed by atoms with E-state index in [1.54, 1.807) is 18.2 Å². The van der Waals surface area contributed by atoms with Crippen molar-refractivity contribution in [3.05, 3.63) is 29.8 Å². The van der Waals surface area contributed by atoms with Gasteiger partial charge in [0.2, 0.25) is 5.91 Å². The monoisotopic (exact) mass is 246 g/mol. The molecule has 0 aliphatic heterocycles. The van der Waals surface area contributed by atoms with Gasteiger partial charge in [-0.2, -0.15) is 17.9 Å². The first-order valence-corrected chi connectivity index (χ1v) is 6.22. The van der Waals surface area contributed by atoms with E-state index in [1.165, 1.54) is 0 Å². The van der Waals surface area contributed by atoms with Crippen molar-refractivity contribution in [1.29, 1.82) is 5.26 Å². The molecule has 1 aliphatic rings. The summed E-state index contributed by atoms with van der Waals surface area (Å²) in [5, 5.41) is 11.7. The van der Waals surface area contributed by atoms with E-state index in [0.29, 0.717) is 17.7 Å². The maximum Gasteiger partial charge on any atom is 0.224 e. The molecule has 1 aromatic carbocycles. The summed E-state index contributed by atoms with van der Waals surface area (Å²) in [6.07, 6.45) is 2.64. The summed E-state index contributed by atoms with van der Waals surface area (Å²) >= 11 is 4.27. The molecule has 1 N–H and O–H groups in total. The fourth-order valence-electron chi connectivity index (χ4n) is 1.79. The van der Waals surface area contributed by atoms with Crippen molar-refractivity contribution in [2.75, 3.05) is 11.1 Å². The van der Waals surface area contributed by atoms with Crippen molar-refractivity contribution in [2.24, 2.45) is 5.41 Å². The molecule has 0 atom stereocenters. The fourth-order valence-corrected chi connectivity index (χ4v) is 2.22. The standard InChI is InChI=1S/C13H14N2OS/c14-8-10-3-1-2-4-11(10)15-12(16)7-13(9-17)5-6-13/h1-4,17H,5-7,9H2,(H,15,16). The molecule has 4 heteroatoms. The zero-order valence-electron chi connectivity index (χ0n) is 9.44. The number of nitriles is 1. The predicted molar refractivity (Wildman–Crippen MR) is 69.9 cm³/mol. The van der Waals surface area contributed by atoms with Crippen LogP contribution < -0.4 is 5.32 Å². The molecular formula is C13H14N2OS. The Balaban J connectivity index is 2.01. The van der Waals surface area contributed by atoms with Gasteiger partial charge in [0, 0.05) is 6.42 Å². The van der Waals surface area contributed by atoms with Gasteiger partial charge in [-0.15, -0.1) is 0 Å². The van der Waals surface area contributed by atoms with E-state index < -0.39 is 0 Å². The first-order valence-electron chi connectivity index (χ1n) is 5.59. The minimum Gasteiger partial charge on any atom is -0.325 e. The number of hydrogen-bond donors (Lipinski definition) is 2. The number of nitrogens with one attached hydrogen (secondary N) is 1. The zero-order chi connectivity index (χ0) is 12.3. The Hall–Kier alpha value is -1.47. The first-order chi connectivity index (χ1) is 8.19. The summed E-state index contributed by atoms with van der Waals surface area (Å²) in [7, 11) is 0. The molecular weight excluding hydrogens is 232 g/mol. The first kappa shape index (κ1) is 12.0. The Kier molecular flexibility index (Phi) is 3.39. The highest BCUT2D eigenvalue weighted by atomic mass is 32.1. The van der Waals surface area contributed by atoms with E-state index in [4.69, 9.17) is 5.26 Å². The second kappa shape index (κ2) is 4.80. The highest BCUT2D eigenvalue weighted by Gasteiger charge is 2.42. The van der Waals surface area contributed by atoms with Crippen molar-refractivity contribution in [3.63, 3.8) is 0 Å². The van der Waals surface area contributed by atoms with Crippen LogP contribution in [0, 0.1) is 16.7 Å². The molecule has 0 aromatic heterocycles. The van der Waals surface area contributed by atoms with Crippen LogP contribution in [0.25, 0.3) is 0 Å². The molecule has 17 heavy (non-hydrogen) atoms. The third-order valence-electron chi connectivity index (χ3n) is 3.15. The number of carbonyl (C=O) groups excluding carboxylic acids is 1. The van der Waals surface area contributed by atoms with Crippen LogP contribution in [0.2, 0.25) is 0 Å². The van der Waals surface area contributed by atoms with E-state index in [9.17, 15) is 4.79 Å². The lowest BCUT2D eigenvalue weighted by atomic mass is 10.0. The molecule has 1 aromatic rings. The number of benzene rings is 1. The van der Waals surface area contributed by atoms with Gasteiger partial charge in [-0.3, -0.25) is 4.79 Å². The SMILES string of the molecule is N#Cc1ccccc1NC(=O)CC1(CS)CC1. The summed E-state index contributed by atoms with van der Waals surface area (Å²) in [6, 6.07) is 9.10. The molecule has 1 aliphatic carbocycles. The van der Waals surface area contributed by atoms with Gasteiger partial charge in [0.05, 0.1) is 11.3 Å². The van der Waals surface area contributed by atoms with Crippen LogP contribution in [-0.2, 0) is 4.79 Å². The van der Waals surface area contributed by atoms with E-state index in [2.05, 4.69) is 24.0 Å². The minimum absolute atomic E-state index is 0.0285. The van der Waals surface area contributed by atoms with Crippen molar-refractivity contribution in [1.82, 2.24) is 0 Å². The topological polar surface area (TPSA) is 52.9 Å². The van der Waals surface area contributed by atoms with Crippen LogP contribution in [0.1, 0.15) is 24.8 Å². The highest BCUT2D eigenvalue weighted by molar-refractivity contribution is 7.80. The van der Waals surface area contributed by atoms with Gasteiger partial charge in [-0.1, -0.05) is 12.1 Å². The molecule has 3 nitrogen and oxygen atoms in total. The average molecular weight is 246 g/mol. The summed E-state index contributed by atoms with van der Waals surface area (Å²) in [5.74, 6) is 0.722. The third-order valence-corrected chi connectivity index (χ3v) is 3.82. The van der Waals surface area contributed by atoms with Crippen LogP contribution in [0.15, 0.2) is 24.3 Å². The van der Waals surface area contributed by atoms with Gasteiger partial charge in [-0.25, -0.2) is 0 Å². The van der Waals surface area contributed by atoms with Gasteiger partial charge < -0.3 is 5.32 Å². The minimum atomic E-state index is -0.0285. The van der Waals surface area contributed by atoms with E-state index in [1.807, 2.05) is 6.07 Å². The Labute approximate surface area is 106 Å². The quantitative estimate of drug-likeness (QED) is 0.802. The largest absolute Gasteiger partial charge is 0.325 e. The van der Waals surface area contributed by atoms with Crippen LogP contribution in [0.3, 0.4) is 0 Å². The zero-order valence-corrected chi connectivity index (χ0v) is 10.3. The number of thiol groups is 1. The number of nitrogens with zero attached hydrogens (tertiary/aromatic N) is 1. The average Bonchev–Trinajstić information content (AvgIpc) is 3.10. The molecule has 1 saturated carbocycles. The summed E-state index contributed by atoms with van der Waals surface area (Å²) in [6.45, 7) is 0. The molecule has 88 valence electrons. The van der Waals surface area contributed by atoms with Gasteiger partial charge in [0.25, 0.3) is 0 Å². The molecule has 2 rings (SSSR count). The maximum atomic E-state index is 11.8. The molecule has 1 fully saturated rings. The summed E-state index contributed by atoms with van der Waals surface area (Å²) in [5.41, 5.74) is 1.20. The molecule has 0 saturated heterocycles. The van der Waals surface area contributed by atoms with Crippen molar-refractivity contribution >= 4 is 24.2 Å². The van der Waals surface area contributed by atoms with Gasteiger partial charge in [0.15, 0.2) is 0 Å². The Bertz CT molecular complexity index is 475.